The third-order valence-corrected chi connectivity index (χ3v) is 2.12. The monoisotopic (exact) mass is 183 g/mol. The number of hydrogen-bond donors (Lipinski definition) is 0. The molecular formula is C11H19O2-. The Morgan fingerprint density at radius 3 is 2.23 bits per heavy atom. The molecule has 0 aromatic heterocycles. The van der Waals surface area contributed by atoms with Crippen LogP contribution < -0.4 is 5.11 Å². The number of aliphatic carboxylic acids is 1. The Morgan fingerprint density at radius 2 is 1.69 bits per heavy atom. The second kappa shape index (κ2) is 7.84. The number of carboxylic acid groups (broad SMARTS) is 1. The van der Waals surface area contributed by atoms with Crippen molar-refractivity contribution in [3.8, 4) is 0 Å². The van der Waals surface area contributed by atoms with Crippen LogP contribution in [0.4, 0.5) is 0 Å². The van der Waals surface area contributed by atoms with Crippen LogP contribution in [0.25, 0.3) is 0 Å². The molecule has 0 fully saturated rings. The number of carbonyl (C=O) groups is 1. The van der Waals surface area contributed by atoms with E-state index in [1.165, 1.54) is 25.7 Å². The first-order chi connectivity index (χ1) is 6.18. The molecule has 2 nitrogen and oxygen atoms in total. The molecule has 13 heavy (non-hydrogen) atoms. The lowest BCUT2D eigenvalue weighted by molar-refractivity contribution is -0.299. The molecule has 2 heteroatoms. The van der Waals surface area contributed by atoms with E-state index < -0.39 is 5.97 Å². The van der Waals surface area contributed by atoms with Crippen molar-refractivity contribution in [3.05, 3.63) is 12.2 Å². The molecule has 0 radical (unpaired) electrons. The standard InChI is InChI=1S/C11H20O2/c1-3-4-5-6-7-8-9-10(2)11(12)13/h2-9H2,1H3,(H,12,13)/p-1. The highest BCUT2D eigenvalue weighted by Gasteiger charge is 1.95. The van der Waals surface area contributed by atoms with E-state index in [0.29, 0.717) is 6.42 Å². The zero-order chi connectivity index (χ0) is 10.1. The van der Waals surface area contributed by atoms with Gasteiger partial charge < -0.3 is 9.90 Å². The predicted octanol–water partition coefficient (Wildman–Crippen LogP) is 2.04. The fourth-order valence-corrected chi connectivity index (χ4v) is 1.22. The maximum atomic E-state index is 10.3. The Morgan fingerprint density at radius 1 is 1.15 bits per heavy atom. The average molecular weight is 183 g/mol. The van der Waals surface area contributed by atoms with Gasteiger partial charge in [-0.2, -0.15) is 0 Å². The summed E-state index contributed by atoms with van der Waals surface area (Å²) in [5, 5.41) is 10.3. The van der Waals surface area contributed by atoms with E-state index in [4.69, 9.17) is 0 Å². The van der Waals surface area contributed by atoms with Crippen LogP contribution in [0.5, 0.6) is 0 Å². The molecule has 0 aliphatic heterocycles. The van der Waals surface area contributed by atoms with Crippen LogP contribution in [-0.2, 0) is 4.79 Å². The summed E-state index contributed by atoms with van der Waals surface area (Å²) in [5.74, 6) is -1.10. The van der Waals surface area contributed by atoms with Crippen LogP contribution in [0.3, 0.4) is 0 Å². The van der Waals surface area contributed by atoms with Crippen LogP contribution in [0, 0.1) is 0 Å². The smallest absolute Gasteiger partial charge is 0.0668 e. The highest BCUT2D eigenvalue weighted by atomic mass is 16.4. The molecule has 0 bridgehead atoms. The maximum Gasteiger partial charge on any atom is 0.0668 e. The molecule has 0 rings (SSSR count). The van der Waals surface area contributed by atoms with Crippen LogP contribution in [0.15, 0.2) is 12.2 Å². The summed E-state index contributed by atoms with van der Waals surface area (Å²) in [7, 11) is 0. The second-order valence-corrected chi connectivity index (χ2v) is 3.41. The van der Waals surface area contributed by atoms with Crippen LogP contribution in [0.1, 0.15) is 51.9 Å². The summed E-state index contributed by atoms with van der Waals surface area (Å²) in [6, 6.07) is 0. The van der Waals surface area contributed by atoms with Crippen molar-refractivity contribution in [1.29, 1.82) is 0 Å². The van der Waals surface area contributed by atoms with Gasteiger partial charge in [0.25, 0.3) is 0 Å². The van der Waals surface area contributed by atoms with E-state index in [0.717, 1.165) is 12.8 Å². The van der Waals surface area contributed by atoms with Gasteiger partial charge in [-0.25, -0.2) is 0 Å². The van der Waals surface area contributed by atoms with Crippen molar-refractivity contribution in [2.45, 2.75) is 51.9 Å². The highest BCUT2D eigenvalue weighted by Crippen LogP contribution is 2.09. The molecular weight excluding hydrogens is 164 g/mol. The first-order valence-electron chi connectivity index (χ1n) is 5.07. The molecule has 0 saturated heterocycles. The molecule has 0 aliphatic carbocycles. The lowest BCUT2D eigenvalue weighted by Crippen LogP contribution is -2.23. The first-order valence-corrected chi connectivity index (χ1v) is 5.07. The van der Waals surface area contributed by atoms with Gasteiger partial charge in [0.1, 0.15) is 0 Å². The normalized spacial score (nSPS) is 9.92. The Hall–Kier alpha value is -0.790. The number of carboxylic acids is 1. The van der Waals surface area contributed by atoms with E-state index in [9.17, 15) is 9.90 Å². The van der Waals surface area contributed by atoms with Gasteiger partial charge in [0.05, 0.1) is 5.97 Å². The molecule has 0 N–H and O–H groups in total. The van der Waals surface area contributed by atoms with Gasteiger partial charge in [-0.05, 0) is 18.4 Å². The van der Waals surface area contributed by atoms with E-state index >= 15 is 0 Å². The van der Waals surface area contributed by atoms with Gasteiger partial charge in [-0.1, -0.05) is 45.6 Å². The minimum atomic E-state index is -1.10. The van der Waals surface area contributed by atoms with Crippen LogP contribution >= 0.6 is 0 Å². The van der Waals surface area contributed by atoms with Gasteiger partial charge in [-0.3, -0.25) is 0 Å². The zero-order valence-corrected chi connectivity index (χ0v) is 8.47. The van der Waals surface area contributed by atoms with E-state index in [2.05, 4.69) is 13.5 Å². The molecule has 0 aliphatic rings. The van der Waals surface area contributed by atoms with Crippen molar-refractivity contribution in [3.63, 3.8) is 0 Å². The average Bonchev–Trinajstić information content (AvgIpc) is 2.10. The minimum absolute atomic E-state index is 0.232. The van der Waals surface area contributed by atoms with Crippen molar-refractivity contribution in [2.24, 2.45) is 0 Å². The van der Waals surface area contributed by atoms with E-state index in [1.54, 1.807) is 0 Å². The Labute approximate surface area is 80.7 Å². The predicted molar refractivity (Wildman–Crippen MR) is 52.1 cm³/mol. The molecule has 0 spiro atoms. The largest absolute Gasteiger partial charge is 0.545 e. The van der Waals surface area contributed by atoms with Crippen LogP contribution in [-0.4, -0.2) is 5.97 Å². The molecule has 0 saturated carbocycles. The summed E-state index contributed by atoms with van der Waals surface area (Å²) in [4.78, 5) is 10.3. The van der Waals surface area contributed by atoms with Crippen molar-refractivity contribution < 1.29 is 9.90 Å². The highest BCUT2D eigenvalue weighted by molar-refractivity contribution is 5.83. The summed E-state index contributed by atoms with van der Waals surface area (Å²) < 4.78 is 0. The summed E-state index contributed by atoms with van der Waals surface area (Å²) in [5.41, 5.74) is 0.232. The number of rotatable bonds is 8. The number of hydrogen-bond acceptors (Lipinski definition) is 2. The molecule has 0 aromatic rings. The fourth-order valence-electron chi connectivity index (χ4n) is 1.22. The molecule has 0 aromatic carbocycles. The fraction of sp³-hybridized carbons (Fsp3) is 0.727. The van der Waals surface area contributed by atoms with Crippen molar-refractivity contribution in [2.75, 3.05) is 0 Å². The lowest BCUT2D eigenvalue weighted by atomic mass is 10.1. The number of carbonyl (C=O) groups excluding carboxylic acids is 1. The molecule has 0 unspecified atom stereocenters. The Kier molecular flexibility index (Phi) is 7.36. The summed E-state index contributed by atoms with van der Waals surface area (Å²) in [6.45, 7) is 5.60. The Balaban J connectivity index is 3.16. The zero-order valence-electron chi connectivity index (χ0n) is 8.47. The minimum Gasteiger partial charge on any atom is -0.545 e. The summed E-state index contributed by atoms with van der Waals surface area (Å²) in [6.07, 6.45) is 7.59. The molecule has 0 amide bonds. The SMILES string of the molecule is C=C(CCCCCCCC)C(=O)[O-]. The third-order valence-electron chi connectivity index (χ3n) is 2.12. The molecule has 0 atom stereocenters. The lowest BCUT2D eigenvalue weighted by Gasteiger charge is -2.05. The quantitative estimate of drug-likeness (QED) is 0.427. The van der Waals surface area contributed by atoms with Crippen molar-refractivity contribution in [1.82, 2.24) is 0 Å². The molecule has 0 heterocycles. The summed E-state index contributed by atoms with van der Waals surface area (Å²) >= 11 is 0. The third kappa shape index (κ3) is 7.57. The number of unbranched alkanes of at least 4 members (excludes halogenated alkanes) is 5. The van der Waals surface area contributed by atoms with Gasteiger partial charge in [0.15, 0.2) is 0 Å². The van der Waals surface area contributed by atoms with E-state index in [1.807, 2.05) is 0 Å². The maximum absolute atomic E-state index is 10.3. The van der Waals surface area contributed by atoms with Gasteiger partial charge in [0, 0.05) is 0 Å². The topological polar surface area (TPSA) is 40.1 Å². The van der Waals surface area contributed by atoms with Crippen LogP contribution in [0.2, 0.25) is 0 Å². The molecule has 76 valence electrons. The first kappa shape index (κ1) is 12.2. The van der Waals surface area contributed by atoms with E-state index in [-0.39, 0.29) is 5.57 Å². The van der Waals surface area contributed by atoms with Gasteiger partial charge >= 0.3 is 0 Å². The van der Waals surface area contributed by atoms with Gasteiger partial charge in [-0.15, -0.1) is 0 Å². The Bertz CT molecular complexity index is 161. The second-order valence-electron chi connectivity index (χ2n) is 3.41. The van der Waals surface area contributed by atoms with Crippen molar-refractivity contribution >= 4 is 5.97 Å². The van der Waals surface area contributed by atoms with Gasteiger partial charge in [0.2, 0.25) is 0 Å².